The Morgan fingerprint density at radius 3 is 2.53 bits per heavy atom. The number of likely N-dealkylation sites (N-methyl/N-ethyl adjacent to an activating group) is 1. The van der Waals surface area contributed by atoms with Crippen LogP contribution in [0.4, 0.5) is 0 Å². The Morgan fingerprint density at radius 2 is 1.75 bits per heavy atom. The van der Waals surface area contributed by atoms with Gasteiger partial charge in [-0.15, -0.1) is 4.40 Å². The van der Waals surface area contributed by atoms with Gasteiger partial charge in [0.15, 0.2) is 0 Å². The number of aromatic nitrogens is 1. The molecule has 0 fully saturated rings. The van der Waals surface area contributed by atoms with Crippen molar-refractivity contribution in [1.82, 2.24) is 10.6 Å². The fraction of sp³-hybridized carbons (Fsp3) is 0.148. The van der Waals surface area contributed by atoms with E-state index in [4.69, 9.17) is 0 Å². The van der Waals surface area contributed by atoms with Crippen LogP contribution < -0.4 is 32.0 Å². The molecule has 2 heterocycles. The molecule has 0 saturated carbocycles. The highest BCUT2D eigenvalue weighted by atomic mass is 79.9. The third-order valence-corrected chi connectivity index (χ3v) is 7.18. The zero-order valence-corrected chi connectivity index (χ0v) is 20.6. The average molecular weight is 504 g/mol. The minimum atomic E-state index is -0.204. The molecule has 1 atom stereocenters. The zero-order valence-electron chi connectivity index (χ0n) is 18.2. The quantitative estimate of drug-likeness (QED) is 0.409. The topological polar surface area (TPSA) is 28.2 Å². The van der Waals surface area contributed by atoms with Crippen LogP contribution in [0.5, 0.6) is 0 Å². The third kappa shape index (κ3) is 4.04. The molecule has 5 heteroatoms. The molecule has 1 aliphatic carbocycles. The van der Waals surface area contributed by atoms with Gasteiger partial charge in [0, 0.05) is 37.4 Å². The Balaban J connectivity index is 0.00000245. The minimum Gasteiger partial charge on any atom is -1.00 e. The fourth-order valence-electron chi connectivity index (χ4n) is 4.25. The van der Waals surface area contributed by atoms with E-state index in [9.17, 15) is 0 Å². The summed E-state index contributed by atoms with van der Waals surface area (Å²) in [6.45, 7) is 0. The Bertz CT molecular complexity index is 1340. The molecule has 2 N–H and O–H groups in total. The molecule has 0 aliphatic heterocycles. The first-order chi connectivity index (χ1) is 15.2. The van der Waals surface area contributed by atoms with Gasteiger partial charge in [-0.1, -0.05) is 72.0 Å². The van der Waals surface area contributed by atoms with Gasteiger partial charge in [-0.3, -0.25) is 0 Å². The number of allylic oxidation sites excluding steroid dienone is 2. The number of halogens is 1. The molecule has 3 nitrogen and oxygen atoms in total. The lowest BCUT2D eigenvalue weighted by atomic mass is 9.88. The van der Waals surface area contributed by atoms with E-state index >= 15 is 0 Å². The van der Waals surface area contributed by atoms with E-state index in [1.807, 2.05) is 25.4 Å². The number of pyridine rings is 1. The van der Waals surface area contributed by atoms with Crippen molar-refractivity contribution < 1.29 is 21.4 Å². The molecule has 162 valence electrons. The largest absolute Gasteiger partial charge is 1.00 e. The van der Waals surface area contributed by atoms with Gasteiger partial charge in [0.1, 0.15) is 4.70 Å². The molecule has 5 rings (SSSR count). The lowest BCUT2D eigenvalue weighted by molar-refractivity contribution is -0.479. The number of rotatable bonds is 5. The number of para-hydroxylation sites is 1. The van der Waals surface area contributed by atoms with Crippen molar-refractivity contribution in [2.24, 2.45) is 0 Å². The maximum absolute atomic E-state index is 3.51. The lowest BCUT2D eigenvalue weighted by Crippen LogP contribution is -3.00. The van der Waals surface area contributed by atoms with E-state index in [0.29, 0.717) is 0 Å². The van der Waals surface area contributed by atoms with Crippen LogP contribution in [0.15, 0.2) is 96.7 Å². The third-order valence-electron chi connectivity index (χ3n) is 6.02. The maximum Gasteiger partial charge on any atom is 0.276 e. The Morgan fingerprint density at radius 1 is 0.969 bits per heavy atom. The zero-order chi connectivity index (χ0) is 21.3. The van der Waals surface area contributed by atoms with Gasteiger partial charge in [-0.2, -0.15) is 0 Å². The molecule has 32 heavy (non-hydrogen) atoms. The van der Waals surface area contributed by atoms with Crippen LogP contribution in [0, 0.1) is 0 Å². The SMILES string of the molecule is CNC1=CC=CC(C=Cc2ccc(-c3ccccc3)c3sc4ccccc4[n+]23)(NC)C1.[Br-]. The summed E-state index contributed by atoms with van der Waals surface area (Å²) < 4.78 is 3.69. The number of thiazole rings is 1. The van der Waals surface area contributed by atoms with E-state index in [2.05, 4.69) is 112 Å². The molecule has 0 radical (unpaired) electrons. The summed E-state index contributed by atoms with van der Waals surface area (Å²) in [5, 5.41) is 6.81. The molecule has 2 aromatic carbocycles. The van der Waals surface area contributed by atoms with Gasteiger partial charge in [0.2, 0.25) is 11.2 Å². The number of benzene rings is 2. The van der Waals surface area contributed by atoms with Gasteiger partial charge in [-0.25, -0.2) is 0 Å². The lowest BCUT2D eigenvalue weighted by Gasteiger charge is -2.30. The molecule has 0 amide bonds. The molecular formula is C27H26BrN3S. The number of hydrogen-bond acceptors (Lipinski definition) is 3. The van der Waals surface area contributed by atoms with Crippen molar-refractivity contribution in [2.45, 2.75) is 12.0 Å². The van der Waals surface area contributed by atoms with Gasteiger partial charge in [0.25, 0.3) is 4.83 Å². The summed E-state index contributed by atoms with van der Waals surface area (Å²) >= 11 is 1.85. The smallest absolute Gasteiger partial charge is 0.276 e. The summed E-state index contributed by atoms with van der Waals surface area (Å²) in [6.07, 6.45) is 11.9. The monoisotopic (exact) mass is 503 g/mol. The summed E-state index contributed by atoms with van der Waals surface area (Å²) in [6, 6.07) is 23.8. The Kier molecular flexibility index (Phi) is 6.60. The number of fused-ring (bicyclic) bond motifs is 3. The van der Waals surface area contributed by atoms with Crippen molar-refractivity contribution in [3.8, 4) is 11.1 Å². The first-order valence-corrected chi connectivity index (χ1v) is 11.4. The van der Waals surface area contributed by atoms with Crippen LogP contribution in [0.25, 0.3) is 32.2 Å². The average Bonchev–Trinajstić information content (AvgIpc) is 3.23. The molecule has 1 unspecified atom stereocenters. The van der Waals surface area contributed by atoms with Gasteiger partial charge in [-0.05, 0) is 30.8 Å². The van der Waals surface area contributed by atoms with E-state index in [1.165, 1.54) is 37.6 Å². The highest BCUT2D eigenvalue weighted by Crippen LogP contribution is 2.31. The molecule has 0 saturated heterocycles. The van der Waals surface area contributed by atoms with Crippen molar-refractivity contribution in [3.05, 3.63) is 102 Å². The summed E-state index contributed by atoms with van der Waals surface area (Å²) in [7, 11) is 4.00. The van der Waals surface area contributed by atoms with E-state index in [1.54, 1.807) is 0 Å². The highest BCUT2D eigenvalue weighted by molar-refractivity contribution is 7.23. The van der Waals surface area contributed by atoms with Crippen LogP contribution in [0.1, 0.15) is 12.1 Å². The first kappa shape index (κ1) is 22.5. The van der Waals surface area contributed by atoms with Crippen molar-refractivity contribution in [3.63, 3.8) is 0 Å². The Hall–Kier alpha value is -2.73. The summed E-state index contributed by atoms with van der Waals surface area (Å²) in [5.74, 6) is 0. The fourth-order valence-corrected chi connectivity index (χ4v) is 5.46. The molecule has 1 aliphatic rings. The normalized spacial score (nSPS) is 18.1. The highest BCUT2D eigenvalue weighted by Gasteiger charge is 2.26. The molecule has 0 spiro atoms. The summed E-state index contributed by atoms with van der Waals surface area (Å²) in [5.41, 5.74) is 5.95. The van der Waals surface area contributed by atoms with Crippen LogP contribution >= 0.6 is 11.3 Å². The number of hydrogen-bond donors (Lipinski definition) is 2. The van der Waals surface area contributed by atoms with Gasteiger partial charge < -0.3 is 27.6 Å². The number of nitrogens with one attached hydrogen (secondary N) is 2. The second kappa shape index (κ2) is 9.41. The van der Waals surface area contributed by atoms with Gasteiger partial charge >= 0.3 is 0 Å². The number of nitrogens with zero attached hydrogens (tertiary/aromatic N) is 1. The summed E-state index contributed by atoms with van der Waals surface area (Å²) in [4.78, 5) is 1.27. The second-order valence-corrected chi connectivity index (χ2v) is 8.88. The van der Waals surface area contributed by atoms with E-state index in [0.717, 1.165) is 6.42 Å². The Labute approximate surface area is 203 Å². The minimum absolute atomic E-state index is 0. The van der Waals surface area contributed by atoms with Crippen LogP contribution in [0.3, 0.4) is 0 Å². The molecule has 0 bridgehead atoms. The standard InChI is InChI=1S/C27H26N3S.BrH/c1-28-21-11-8-17-27(19-21,29-2)18-16-22-14-15-23(20-9-4-3-5-10-20)26-30(22)24-12-6-7-13-25(24)31-26;/h3-18,28-29H,19H2,1-2H3;1H/q+1;/p-1. The predicted octanol–water partition coefficient (Wildman–Crippen LogP) is 2.35. The molecular weight excluding hydrogens is 478 g/mol. The maximum atomic E-state index is 3.51. The van der Waals surface area contributed by atoms with Crippen molar-refractivity contribution >= 4 is 32.5 Å². The first-order valence-electron chi connectivity index (χ1n) is 10.6. The van der Waals surface area contributed by atoms with Crippen LogP contribution in [-0.4, -0.2) is 19.6 Å². The van der Waals surface area contributed by atoms with E-state index < -0.39 is 0 Å². The van der Waals surface area contributed by atoms with Crippen molar-refractivity contribution in [2.75, 3.05) is 14.1 Å². The molecule has 2 aromatic heterocycles. The van der Waals surface area contributed by atoms with Gasteiger partial charge in [0.05, 0.1) is 11.1 Å². The van der Waals surface area contributed by atoms with Crippen LogP contribution in [-0.2, 0) is 0 Å². The molecule has 4 aromatic rings. The predicted molar refractivity (Wildman–Crippen MR) is 132 cm³/mol. The second-order valence-electron chi connectivity index (χ2n) is 7.85. The van der Waals surface area contributed by atoms with Crippen molar-refractivity contribution in [1.29, 1.82) is 0 Å². The van der Waals surface area contributed by atoms with E-state index in [-0.39, 0.29) is 22.5 Å². The van der Waals surface area contributed by atoms with Crippen LogP contribution in [0.2, 0.25) is 0 Å².